The van der Waals surface area contributed by atoms with E-state index >= 15 is 0 Å². The van der Waals surface area contributed by atoms with Crippen molar-refractivity contribution in [3.05, 3.63) is 35.3 Å². The van der Waals surface area contributed by atoms with Crippen molar-refractivity contribution < 1.29 is 36.2 Å². The Labute approximate surface area is 191 Å². The lowest BCUT2D eigenvalue weighted by Gasteiger charge is -2.31. The van der Waals surface area contributed by atoms with Gasteiger partial charge in [0.1, 0.15) is 42.3 Å². The second kappa shape index (κ2) is 9.95. The highest BCUT2D eigenvalue weighted by Gasteiger charge is 2.37. The number of nitrogens with one attached hydrogen (secondary N) is 2. The zero-order chi connectivity index (χ0) is 24.3. The first-order chi connectivity index (χ1) is 16.3. The number of carbonyl (C=O) groups excluding carboxylic acids is 1. The molecule has 0 radical (unpaired) electrons. The van der Waals surface area contributed by atoms with Gasteiger partial charge in [-0.15, -0.1) is 0 Å². The lowest BCUT2D eigenvalue weighted by atomic mass is 10.1. The molecule has 34 heavy (non-hydrogen) atoms. The van der Waals surface area contributed by atoms with Crippen LogP contribution in [0.3, 0.4) is 0 Å². The summed E-state index contributed by atoms with van der Waals surface area (Å²) in [6.07, 6.45) is -2.70. The van der Waals surface area contributed by atoms with Crippen molar-refractivity contribution in [2.24, 2.45) is 0 Å². The maximum atomic E-state index is 15.0. The summed E-state index contributed by atoms with van der Waals surface area (Å²) >= 11 is 0. The minimum atomic E-state index is -4.66. The molecule has 4 rings (SSSR count). The van der Waals surface area contributed by atoms with Gasteiger partial charge in [-0.1, -0.05) is 0 Å². The van der Waals surface area contributed by atoms with Crippen LogP contribution in [0.15, 0.2) is 18.3 Å². The number of aromatic nitrogens is 2. The Bertz CT molecular complexity index is 1030. The molecule has 2 fully saturated rings. The predicted octanol–water partition coefficient (Wildman–Crippen LogP) is 3.83. The first-order valence-electron chi connectivity index (χ1n) is 10.6. The molecule has 1 amide bonds. The number of halogens is 5. The third kappa shape index (κ3) is 5.64. The van der Waals surface area contributed by atoms with Crippen molar-refractivity contribution in [2.45, 2.75) is 31.2 Å². The van der Waals surface area contributed by atoms with Crippen molar-refractivity contribution in [1.29, 1.82) is 0 Å². The largest absolute Gasteiger partial charge is 0.489 e. The molecule has 2 aromatic rings. The summed E-state index contributed by atoms with van der Waals surface area (Å²) in [4.78, 5) is 20.2. The average Bonchev–Trinajstić information content (AvgIpc) is 3.62. The van der Waals surface area contributed by atoms with Gasteiger partial charge in [0, 0.05) is 30.4 Å². The normalized spacial score (nSPS) is 18.5. The summed E-state index contributed by atoms with van der Waals surface area (Å²) in [6, 6.07) is 2.24. The summed E-state index contributed by atoms with van der Waals surface area (Å²) < 4.78 is 78.7. The van der Waals surface area contributed by atoms with Gasteiger partial charge >= 0.3 is 6.18 Å². The zero-order valence-corrected chi connectivity index (χ0v) is 17.9. The van der Waals surface area contributed by atoms with Gasteiger partial charge < -0.3 is 25.0 Å². The van der Waals surface area contributed by atoms with E-state index in [0.717, 1.165) is 18.9 Å². The smallest absolute Gasteiger partial charge is 0.421 e. The molecule has 1 aromatic carbocycles. The SMILES string of the molecule is O=CN1CCOC(c2cc(OCCF)c(Nc3ncc(C(F)(F)F)c(NC4CC4)n3)cc2F)C1. The van der Waals surface area contributed by atoms with E-state index in [-0.39, 0.29) is 54.6 Å². The van der Waals surface area contributed by atoms with Gasteiger partial charge in [0.25, 0.3) is 0 Å². The molecule has 0 spiro atoms. The number of hydrogen-bond acceptors (Lipinski definition) is 7. The highest BCUT2D eigenvalue weighted by molar-refractivity contribution is 5.65. The Morgan fingerprint density at radius 1 is 1.29 bits per heavy atom. The Morgan fingerprint density at radius 2 is 2.09 bits per heavy atom. The number of ether oxygens (including phenoxy) is 2. The summed E-state index contributed by atoms with van der Waals surface area (Å²) in [7, 11) is 0. The van der Waals surface area contributed by atoms with E-state index in [1.54, 1.807) is 0 Å². The summed E-state index contributed by atoms with van der Waals surface area (Å²) in [5.41, 5.74) is -0.931. The van der Waals surface area contributed by atoms with Crippen LogP contribution in [0.4, 0.5) is 39.4 Å². The molecule has 8 nitrogen and oxygen atoms in total. The van der Waals surface area contributed by atoms with Gasteiger partial charge in [-0.05, 0) is 18.9 Å². The minimum absolute atomic E-state index is 0.00474. The number of benzene rings is 1. The molecule has 2 heterocycles. The standard InChI is InChI=1S/C21H22F5N5O3/c22-3-5-33-17-7-13(18-10-31(11-32)4-6-34-18)15(23)8-16(17)29-20-27-9-14(21(24,25)26)19(30-20)28-12-1-2-12/h7-9,11-12,18H,1-6,10H2,(H2,27,28,29,30). The second-order valence-corrected chi connectivity index (χ2v) is 7.86. The van der Waals surface area contributed by atoms with E-state index in [0.29, 0.717) is 19.2 Å². The van der Waals surface area contributed by atoms with Gasteiger partial charge in [-0.2, -0.15) is 18.2 Å². The van der Waals surface area contributed by atoms with Gasteiger partial charge in [-0.3, -0.25) is 4.79 Å². The molecule has 1 aliphatic carbocycles. The van der Waals surface area contributed by atoms with Crippen LogP contribution in [0, 0.1) is 5.82 Å². The van der Waals surface area contributed by atoms with Crippen molar-refractivity contribution >= 4 is 23.9 Å². The van der Waals surface area contributed by atoms with Gasteiger partial charge in [-0.25, -0.2) is 13.8 Å². The topological polar surface area (TPSA) is 88.6 Å². The first kappa shape index (κ1) is 23.9. The Hall–Kier alpha value is -3.22. The molecule has 1 aromatic heterocycles. The van der Waals surface area contributed by atoms with Crippen LogP contribution in [-0.2, 0) is 15.7 Å². The Morgan fingerprint density at radius 3 is 2.76 bits per heavy atom. The van der Waals surface area contributed by atoms with E-state index in [2.05, 4.69) is 20.6 Å². The number of morpholine rings is 1. The highest BCUT2D eigenvalue weighted by atomic mass is 19.4. The monoisotopic (exact) mass is 487 g/mol. The number of alkyl halides is 4. The molecule has 1 saturated heterocycles. The number of amides is 1. The summed E-state index contributed by atoms with van der Waals surface area (Å²) in [5.74, 6) is -1.30. The third-order valence-corrected chi connectivity index (χ3v) is 5.29. The lowest BCUT2D eigenvalue weighted by molar-refractivity contribution is -0.137. The number of nitrogens with zero attached hydrogens (tertiary/aromatic N) is 3. The molecule has 1 aliphatic heterocycles. The average molecular weight is 487 g/mol. The fourth-order valence-electron chi connectivity index (χ4n) is 3.44. The van der Waals surface area contributed by atoms with Crippen molar-refractivity contribution in [3.63, 3.8) is 0 Å². The lowest BCUT2D eigenvalue weighted by Crippen LogP contribution is -2.37. The molecule has 1 atom stereocenters. The third-order valence-electron chi connectivity index (χ3n) is 5.29. The molecular weight excluding hydrogens is 465 g/mol. The molecule has 2 N–H and O–H groups in total. The minimum Gasteiger partial charge on any atom is -0.489 e. The maximum absolute atomic E-state index is 15.0. The van der Waals surface area contributed by atoms with Gasteiger partial charge in [0.15, 0.2) is 0 Å². The van der Waals surface area contributed by atoms with Gasteiger partial charge in [0.2, 0.25) is 12.4 Å². The summed E-state index contributed by atoms with van der Waals surface area (Å²) in [6.45, 7) is -0.464. The molecular formula is C21H22F5N5O3. The molecule has 2 aliphatic rings. The van der Waals surface area contributed by atoms with Crippen LogP contribution in [0.5, 0.6) is 5.75 Å². The Balaban J connectivity index is 1.64. The Kier molecular flexibility index (Phi) is 7.00. The van der Waals surface area contributed by atoms with Gasteiger partial charge in [0.05, 0.1) is 18.8 Å². The maximum Gasteiger partial charge on any atom is 0.421 e. The second-order valence-electron chi connectivity index (χ2n) is 7.86. The van der Waals surface area contributed by atoms with Crippen molar-refractivity contribution in [3.8, 4) is 5.75 Å². The fourth-order valence-corrected chi connectivity index (χ4v) is 3.44. The van der Waals surface area contributed by atoms with E-state index in [4.69, 9.17) is 9.47 Å². The van der Waals surface area contributed by atoms with Crippen LogP contribution >= 0.6 is 0 Å². The highest BCUT2D eigenvalue weighted by Crippen LogP contribution is 2.38. The quantitative estimate of drug-likeness (QED) is 0.411. The van der Waals surface area contributed by atoms with E-state index in [9.17, 15) is 26.7 Å². The molecule has 13 heteroatoms. The first-order valence-corrected chi connectivity index (χ1v) is 10.6. The molecule has 0 bridgehead atoms. The predicted molar refractivity (Wildman–Crippen MR) is 111 cm³/mol. The van der Waals surface area contributed by atoms with E-state index < -0.39 is 30.3 Å². The molecule has 1 saturated carbocycles. The van der Waals surface area contributed by atoms with Crippen molar-refractivity contribution in [2.75, 3.05) is 43.6 Å². The molecule has 1 unspecified atom stereocenters. The number of hydrogen-bond donors (Lipinski definition) is 2. The van der Waals surface area contributed by atoms with Crippen LogP contribution < -0.4 is 15.4 Å². The van der Waals surface area contributed by atoms with Crippen LogP contribution in [0.1, 0.15) is 30.1 Å². The number of anilines is 3. The van der Waals surface area contributed by atoms with Crippen LogP contribution in [-0.4, -0.2) is 60.3 Å². The van der Waals surface area contributed by atoms with E-state index in [1.807, 2.05) is 0 Å². The van der Waals surface area contributed by atoms with Crippen LogP contribution in [0.2, 0.25) is 0 Å². The summed E-state index contributed by atoms with van der Waals surface area (Å²) in [5, 5.41) is 5.38. The van der Waals surface area contributed by atoms with Crippen molar-refractivity contribution in [1.82, 2.24) is 14.9 Å². The fraction of sp³-hybridized carbons (Fsp3) is 0.476. The molecule has 184 valence electrons. The van der Waals surface area contributed by atoms with Crippen LogP contribution in [0.25, 0.3) is 0 Å². The number of carbonyl (C=O) groups is 1. The number of rotatable bonds is 9. The van der Waals surface area contributed by atoms with E-state index in [1.165, 1.54) is 11.0 Å². The zero-order valence-electron chi connectivity index (χ0n) is 17.9.